The van der Waals surface area contributed by atoms with Gasteiger partial charge in [0, 0.05) is 6.61 Å². The van der Waals surface area contributed by atoms with Gasteiger partial charge in [-0.2, -0.15) is 0 Å². The Morgan fingerprint density at radius 1 is 0.615 bits per heavy atom. The van der Waals surface area contributed by atoms with Crippen LogP contribution in [0.4, 0.5) is 0 Å². The summed E-state index contributed by atoms with van der Waals surface area (Å²) in [6.07, 6.45) is 1.23. The SMILES string of the molecule is C.CC(COC(C)(C)C)C(C)(C)C.CC(COC(C)(C)C)CC(C)(C)C. The molecule has 162 valence electrons. The summed E-state index contributed by atoms with van der Waals surface area (Å²) in [5.41, 5.74) is 0.775. The lowest BCUT2D eigenvalue weighted by Gasteiger charge is -2.30. The van der Waals surface area contributed by atoms with Gasteiger partial charge in [-0.05, 0) is 70.6 Å². The molecule has 2 atom stereocenters. The highest BCUT2D eigenvalue weighted by Crippen LogP contribution is 2.27. The summed E-state index contributed by atoms with van der Waals surface area (Å²) in [5, 5.41) is 0. The van der Waals surface area contributed by atoms with Crippen molar-refractivity contribution >= 4 is 0 Å². The quantitative estimate of drug-likeness (QED) is 0.485. The van der Waals surface area contributed by atoms with Crippen molar-refractivity contribution in [2.45, 2.75) is 122 Å². The molecule has 0 bridgehead atoms. The maximum absolute atomic E-state index is 5.74. The van der Waals surface area contributed by atoms with E-state index in [1.165, 1.54) is 6.42 Å². The molecular formula is C24H54O2. The Bertz CT molecular complexity index is 331. The summed E-state index contributed by atoms with van der Waals surface area (Å²) >= 11 is 0. The number of hydrogen-bond donors (Lipinski definition) is 0. The lowest BCUT2D eigenvalue weighted by Crippen LogP contribution is -2.28. The van der Waals surface area contributed by atoms with E-state index in [2.05, 4.69) is 96.9 Å². The van der Waals surface area contributed by atoms with E-state index in [9.17, 15) is 0 Å². The standard InChI is InChI=1S/C12H26O.C11H24O.CH4/c1-10(8-11(2,3)4)9-13-12(5,6)7;1-9(10(2,3)4)8-12-11(5,6)7;/h10H,8-9H2,1-7H3;9H,8H2,1-7H3;1H4. The Balaban J connectivity index is -0.000000393. The highest BCUT2D eigenvalue weighted by molar-refractivity contribution is 4.71. The molecule has 2 heteroatoms. The zero-order chi connectivity index (χ0) is 20.7. The van der Waals surface area contributed by atoms with Crippen molar-refractivity contribution in [1.82, 2.24) is 0 Å². The summed E-state index contributed by atoms with van der Waals surface area (Å²) < 4.78 is 11.5. The molecule has 2 unspecified atom stereocenters. The molecule has 0 aromatic carbocycles. The summed E-state index contributed by atoms with van der Waals surface area (Å²) in [5.74, 6) is 1.26. The topological polar surface area (TPSA) is 18.5 Å². The van der Waals surface area contributed by atoms with Crippen LogP contribution in [0.5, 0.6) is 0 Å². The summed E-state index contributed by atoms with van der Waals surface area (Å²) in [7, 11) is 0. The van der Waals surface area contributed by atoms with Crippen LogP contribution in [-0.2, 0) is 9.47 Å². The van der Waals surface area contributed by atoms with Crippen molar-refractivity contribution in [3.05, 3.63) is 0 Å². The molecule has 0 aromatic rings. The molecule has 2 nitrogen and oxygen atoms in total. The number of rotatable bonds is 5. The summed E-state index contributed by atoms with van der Waals surface area (Å²) in [6, 6.07) is 0. The van der Waals surface area contributed by atoms with E-state index in [-0.39, 0.29) is 18.6 Å². The van der Waals surface area contributed by atoms with Crippen LogP contribution in [0.3, 0.4) is 0 Å². The number of hydrogen-bond acceptors (Lipinski definition) is 2. The van der Waals surface area contributed by atoms with Crippen LogP contribution in [0.15, 0.2) is 0 Å². The van der Waals surface area contributed by atoms with E-state index in [4.69, 9.17) is 9.47 Å². The molecule has 26 heavy (non-hydrogen) atoms. The second-order valence-electron chi connectivity index (χ2n) is 12.0. The minimum absolute atomic E-state index is 0. The molecule has 0 fully saturated rings. The van der Waals surface area contributed by atoms with Crippen molar-refractivity contribution in [2.24, 2.45) is 22.7 Å². The minimum Gasteiger partial charge on any atom is -0.376 e. The van der Waals surface area contributed by atoms with Gasteiger partial charge in [-0.15, -0.1) is 0 Å². The van der Waals surface area contributed by atoms with Gasteiger partial charge in [-0.25, -0.2) is 0 Å². The van der Waals surface area contributed by atoms with Gasteiger partial charge in [0.25, 0.3) is 0 Å². The first-order valence-electron chi connectivity index (χ1n) is 10.0. The van der Waals surface area contributed by atoms with Gasteiger partial charge in [-0.3, -0.25) is 0 Å². The first kappa shape index (κ1) is 30.6. The predicted octanol–water partition coefficient (Wildman–Crippen LogP) is 7.99. The maximum atomic E-state index is 5.74. The first-order valence-corrected chi connectivity index (χ1v) is 10.0. The third-order valence-corrected chi connectivity index (χ3v) is 4.01. The molecule has 0 heterocycles. The Hall–Kier alpha value is -0.0800. The van der Waals surface area contributed by atoms with Crippen molar-refractivity contribution in [2.75, 3.05) is 13.2 Å². The Morgan fingerprint density at radius 3 is 1.23 bits per heavy atom. The van der Waals surface area contributed by atoms with Gasteiger partial charge >= 0.3 is 0 Å². The second-order valence-corrected chi connectivity index (χ2v) is 12.0. The smallest absolute Gasteiger partial charge is 0.0598 e. The zero-order valence-corrected chi connectivity index (χ0v) is 20.1. The molecular weight excluding hydrogens is 320 g/mol. The average molecular weight is 375 g/mol. The normalized spacial score (nSPS) is 15.5. The van der Waals surface area contributed by atoms with Crippen LogP contribution in [0.1, 0.15) is 111 Å². The molecule has 0 saturated carbocycles. The van der Waals surface area contributed by atoms with Crippen LogP contribution in [0, 0.1) is 22.7 Å². The van der Waals surface area contributed by atoms with Crippen molar-refractivity contribution in [1.29, 1.82) is 0 Å². The van der Waals surface area contributed by atoms with Crippen molar-refractivity contribution < 1.29 is 9.47 Å². The molecule has 0 aliphatic rings. The van der Waals surface area contributed by atoms with Crippen molar-refractivity contribution in [3.63, 3.8) is 0 Å². The molecule has 0 amide bonds. The monoisotopic (exact) mass is 374 g/mol. The largest absolute Gasteiger partial charge is 0.376 e. The highest BCUT2D eigenvalue weighted by atomic mass is 16.5. The average Bonchev–Trinajstić information content (AvgIpc) is 2.29. The van der Waals surface area contributed by atoms with Crippen LogP contribution in [0.25, 0.3) is 0 Å². The van der Waals surface area contributed by atoms with Gasteiger partial charge in [0.1, 0.15) is 0 Å². The molecule has 0 rings (SSSR count). The van der Waals surface area contributed by atoms with Crippen molar-refractivity contribution in [3.8, 4) is 0 Å². The minimum atomic E-state index is -0.000486. The van der Waals surface area contributed by atoms with E-state index >= 15 is 0 Å². The Morgan fingerprint density at radius 2 is 0.962 bits per heavy atom. The molecule has 0 aliphatic carbocycles. The molecule has 0 aromatic heterocycles. The third-order valence-electron chi connectivity index (χ3n) is 4.01. The third kappa shape index (κ3) is 23.9. The summed E-state index contributed by atoms with van der Waals surface area (Å²) in [4.78, 5) is 0. The maximum Gasteiger partial charge on any atom is 0.0598 e. The Kier molecular flexibility index (Phi) is 13.8. The Labute approximate surface area is 167 Å². The fourth-order valence-corrected chi connectivity index (χ4v) is 2.12. The molecule has 0 N–H and O–H groups in total. The molecule has 0 saturated heterocycles. The fraction of sp³-hybridized carbons (Fsp3) is 1.00. The molecule has 0 spiro atoms. The van der Waals surface area contributed by atoms with E-state index in [1.54, 1.807) is 0 Å². The van der Waals surface area contributed by atoms with Crippen LogP contribution < -0.4 is 0 Å². The van der Waals surface area contributed by atoms with Gasteiger partial charge in [0.2, 0.25) is 0 Å². The zero-order valence-electron chi connectivity index (χ0n) is 20.1. The van der Waals surface area contributed by atoms with Gasteiger partial charge < -0.3 is 9.47 Å². The number of ether oxygens (including phenoxy) is 2. The van der Waals surface area contributed by atoms with Gasteiger partial charge in [0.15, 0.2) is 0 Å². The summed E-state index contributed by atoms with van der Waals surface area (Å²) in [6.45, 7) is 32.5. The highest BCUT2D eigenvalue weighted by Gasteiger charge is 2.22. The predicted molar refractivity (Wildman–Crippen MR) is 120 cm³/mol. The van der Waals surface area contributed by atoms with Gasteiger partial charge in [0.05, 0.1) is 17.8 Å². The van der Waals surface area contributed by atoms with E-state index in [1.807, 2.05) is 0 Å². The van der Waals surface area contributed by atoms with Gasteiger partial charge in [-0.1, -0.05) is 62.8 Å². The first-order chi connectivity index (χ1) is 10.7. The lowest BCUT2D eigenvalue weighted by molar-refractivity contribution is -0.0371. The van der Waals surface area contributed by atoms with E-state index in [0.717, 1.165) is 13.2 Å². The van der Waals surface area contributed by atoms with Crippen LogP contribution in [0.2, 0.25) is 0 Å². The van der Waals surface area contributed by atoms with Crippen LogP contribution >= 0.6 is 0 Å². The second kappa shape index (κ2) is 11.7. The van der Waals surface area contributed by atoms with E-state index < -0.39 is 0 Å². The lowest BCUT2D eigenvalue weighted by atomic mass is 9.83. The molecule has 0 radical (unpaired) electrons. The molecule has 0 aliphatic heterocycles. The fourth-order valence-electron chi connectivity index (χ4n) is 2.12. The van der Waals surface area contributed by atoms with E-state index in [0.29, 0.717) is 22.7 Å². The van der Waals surface area contributed by atoms with Crippen LogP contribution in [-0.4, -0.2) is 24.4 Å².